The van der Waals surface area contributed by atoms with Crippen molar-refractivity contribution in [3.63, 3.8) is 0 Å². The molecule has 0 saturated heterocycles. The summed E-state index contributed by atoms with van der Waals surface area (Å²) in [5.41, 5.74) is 1.20. The van der Waals surface area contributed by atoms with Crippen molar-refractivity contribution in [3.8, 4) is 5.75 Å². The largest absolute Gasteiger partial charge is 0.492 e. The Morgan fingerprint density at radius 2 is 1.90 bits per heavy atom. The van der Waals surface area contributed by atoms with E-state index in [9.17, 15) is 0 Å². The van der Waals surface area contributed by atoms with E-state index in [0.717, 1.165) is 32.0 Å². The zero-order valence-electron chi connectivity index (χ0n) is 13.2. The van der Waals surface area contributed by atoms with Gasteiger partial charge in [-0.25, -0.2) is 0 Å². The van der Waals surface area contributed by atoms with E-state index >= 15 is 0 Å². The number of hydrogen-bond donors (Lipinski definition) is 1. The van der Waals surface area contributed by atoms with Crippen LogP contribution in [0.1, 0.15) is 19.4 Å². The average Bonchev–Trinajstić information content (AvgIpc) is 2.39. The first-order chi connectivity index (χ1) is 9.58. The van der Waals surface area contributed by atoms with Crippen LogP contribution in [0, 0.1) is 5.92 Å². The molecule has 1 aromatic rings. The molecule has 0 aliphatic carbocycles. The van der Waals surface area contributed by atoms with Crippen LogP contribution in [-0.4, -0.2) is 45.2 Å². The molecule has 0 aromatic heterocycles. The molecule has 0 aliphatic rings. The molecule has 1 rings (SSSR count). The first kappa shape index (κ1) is 16.7. The molecule has 0 unspecified atom stereocenters. The lowest BCUT2D eigenvalue weighted by Gasteiger charge is -2.10. The SMILES string of the molecule is CC(C)CNCC=Cc1ccc(OCCN(C)C)cc1. The van der Waals surface area contributed by atoms with Crippen molar-refractivity contribution >= 4 is 6.08 Å². The molecule has 0 radical (unpaired) electrons. The van der Waals surface area contributed by atoms with Crippen molar-refractivity contribution in [3.05, 3.63) is 35.9 Å². The van der Waals surface area contributed by atoms with Gasteiger partial charge in [0.05, 0.1) is 0 Å². The van der Waals surface area contributed by atoms with Crippen LogP contribution in [0.15, 0.2) is 30.3 Å². The molecule has 20 heavy (non-hydrogen) atoms. The Kier molecular flexibility index (Phi) is 8.00. The van der Waals surface area contributed by atoms with Crippen LogP contribution in [-0.2, 0) is 0 Å². The summed E-state index contributed by atoms with van der Waals surface area (Å²) in [5.74, 6) is 1.63. The summed E-state index contributed by atoms with van der Waals surface area (Å²) in [5, 5.41) is 3.39. The maximum atomic E-state index is 5.66. The summed E-state index contributed by atoms with van der Waals surface area (Å²) in [6.45, 7) is 8.06. The van der Waals surface area contributed by atoms with Gasteiger partial charge in [-0.05, 0) is 44.3 Å². The Balaban J connectivity index is 2.29. The van der Waals surface area contributed by atoms with Gasteiger partial charge in [0.2, 0.25) is 0 Å². The third-order valence-electron chi connectivity index (χ3n) is 2.81. The van der Waals surface area contributed by atoms with Gasteiger partial charge in [-0.2, -0.15) is 0 Å². The maximum Gasteiger partial charge on any atom is 0.119 e. The normalized spacial score (nSPS) is 11.7. The Morgan fingerprint density at radius 3 is 2.50 bits per heavy atom. The topological polar surface area (TPSA) is 24.5 Å². The van der Waals surface area contributed by atoms with Crippen molar-refractivity contribution in [2.45, 2.75) is 13.8 Å². The Hall–Kier alpha value is -1.32. The van der Waals surface area contributed by atoms with Gasteiger partial charge < -0.3 is 15.0 Å². The van der Waals surface area contributed by atoms with E-state index in [4.69, 9.17) is 4.74 Å². The van der Waals surface area contributed by atoms with Crippen LogP contribution in [0.5, 0.6) is 5.75 Å². The Labute approximate surface area is 123 Å². The quantitative estimate of drug-likeness (QED) is 0.702. The monoisotopic (exact) mass is 276 g/mol. The second kappa shape index (κ2) is 9.56. The van der Waals surface area contributed by atoms with Gasteiger partial charge in [-0.3, -0.25) is 0 Å². The molecule has 0 atom stereocenters. The van der Waals surface area contributed by atoms with Crippen molar-refractivity contribution in [1.29, 1.82) is 0 Å². The molecule has 0 bridgehead atoms. The van der Waals surface area contributed by atoms with E-state index in [0.29, 0.717) is 5.92 Å². The van der Waals surface area contributed by atoms with Gasteiger partial charge in [0, 0.05) is 13.1 Å². The van der Waals surface area contributed by atoms with Crippen molar-refractivity contribution < 1.29 is 4.74 Å². The van der Waals surface area contributed by atoms with Crippen LogP contribution in [0.3, 0.4) is 0 Å². The molecule has 0 saturated carbocycles. The van der Waals surface area contributed by atoms with Gasteiger partial charge in [0.25, 0.3) is 0 Å². The predicted molar refractivity (Wildman–Crippen MR) is 87.2 cm³/mol. The zero-order valence-corrected chi connectivity index (χ0v) is 13.2. The van der Waals surface area contributed by atoms with Gasteiger partial charge in [-0.15, -0.1) is 0 Å². The highest BCUT2D eigenvalue weighted by Crippen LogP contribution is 2.13. The molecule has 0 amide bonds. The number of hydrogen-bond acceptors (Lipinski definition) is 3. The lowest BCUT2D eigenvalue weighted by Crippen LogP contribution is -2.19. The fourth-order valence-corrected chi connectivity index (χ4v) is 1.67. The Morgan fingerprint density at radius 1 is 1.20 bits per heavy atom. The highest BCUT2D eigenvalue weighted by Gasteiger charge is 1.95. The summed E-state index contributed by atoms with van der Waals surface area (Å²) in [7, 11) is 4.09. The Bertz CT molecular complexity index is 382. The molecule has 1 N–H and O–H groups in total. The molecule has 112 valence electrons. The van der Waals surface area contributed by atoms with Crippen molar-refractivity contribution in [2.24, 2.45) is 5.92 Å². The van der Waals surface area contributed by atoms with Gasteiger partial charge >= 0.3 is 0 Å². The molecule has 3 nitrogen and oxygen atoms in total. The summed E-state index contributed by atoms with van der Waals surface area (Å²) in [6.07, 6.45) is 4.29. The number of likely N-dealkylation sites (N-methyl/N-ethyl adjacent to an activating group) is 1. The first-order valence-electron chi connectivity index (χ1n) is 7.33. The highest BCUT2D eigenvalue weighted by molar-refractivity contribution is 5.50. The van der Waals surface area contributed by atoms with E-state index in [2.05, 4.69) is 48.3 Å². The minimum absolute atomic E-state index is 0.696. The highest BCUT2D eigenvalue weighted by atomic mass is 16.5. The lowest BCUT2D eigenvalue weighted by molar-refractivity contribution is 0.261. The van der Waals surface area contributed by atoms with E-state index in [1.807, 2.05) is 26.2 Å². The number of benzene rings is 1. The van der Waals surface area contributed by atoms with E-state index < -0.39 is 0 Å². The van der Waals surface area contributed by atoms with Crippen LogP contribution in [0.25, 0.3) is 6.08 Å². The minimum Gasteiger partial charge on any atom is -0.492 e. The molecule has 0 fully saturated rings. The molecule has 0 heterocycles. The van der Waals surface area contributed by atoms with E-state index in [1.54, 1.807) is 0 Å². The zero-order chi connectivity index (χ0) is 14.8. The molecular weight excluding hydrogens is 248 g/mol. The summed E-state index contributed by atoms with van der Waals surface area (Å²) >= 11 is 0. The smallest absolute Gasteiger partial charge is 0.119 e. The molecular formula is C17H28N2O. The maximum absolute atomic E-state index is 5.66. The number of nitrogens with zero attached hydrogens (tertiary/aromatic N) is 1. The number of nitrogens with one attached hydrogen (secondary N) is 1. The number of rotatable bonds is 9. The predicted octanol–water partition coefficient (Wildman–Crippen LogP) is 2.89. The molecule has 1 aromatic carbocycles. The lowest BCUT2D eigenvalue weighted by atomic mass is 10.2. The molecule has 0 spiro atoms. The van der Waals surface area contributed by atoms with Crippen molar-refractivity contribution in [2.75, 3.05) is 40.3 Å². The van der Waals surface area contributed by atoms with Gasteiger partial charge in [0.1, 0.15) is 12.4 Å². The van der Waals surface area contributed by atoms with Gasteiger partial charge in [-0.1, -0.05) is 38.1 Å². The second-order valence-corrected chi connectivity index (χ2v) is 5.68. The third kappa shape index (κ3) is 7.97. The summed E-state index contributed by atoms with van der Waals surface area (Å²) < 4.78 is 5.66. The van der Waals surface area contributed by atoms with Crippen LogP contribution < -0.4 is 10.1 Å². The fraction of sp³-hybridized carbons (Fsp3) is 0.529. The standard InChI is InChI=1S/C17H28N2O/c1-15(2)14-18-11-5-6-16-7-9-17(10-8-16)20-13-12-19(3)4/h5-10,15,18H,11-14H2,1-4H3. The van der Waals surface area contributed by atoms with Crippen LogP contribution in [0.2, 0.25) is 0 Å². The molecule has 3 heteroatoms. The average molecular weight is 276 g/mol. The summed E-state index contributed by atoms with van der Waals surface area (Å²) in [4.78, 5) is 2.11. The fourth-order valence-electron chi connectivity index (χ4n) is 1.67. The van der Waals surface area contributed by atoms with E-state index in [1.165, 1.54) is 5.56 Å². The first-order valence-corrected chi connectivity index (χ1v) is 7.33. The molecule has 0 aliphatic heterocycles. The minimum atomic E-state index is 0.696. The summed E-state index contributed by atoms with van der Waals surface area (Å²) in [6, 6.07) is 8.22. The third-order valence-corrected chi connectivity index (χ3v) is 2.81. The van der Waals surface area contributed by atoms with Crippen LogP contribution in [0.4, 0.5) is 0 Å². The van der Waals surface area contributed by atoms with E-state index in [-0.39, 0.29) is 0 Å². The van der Waals surface area contributed by atoms with Gasteiger partial charge in [0.15, 0.2) is 0 Å². The second-order valence-electron chi connectivity index (χ2n) is 5.68. The number of ether oxygens (including phenoxy) is 1. The van der Waals surface area contributed by atoms with Crippen LogP contribution >= 0.6 is 0 Å². The van der Waals surface area contributed by atoms with Crippen molar-refractivity contribution in [1.82, 2.24) is 10.2 Å².